The predicted molar refractivity (Wildman–Crippen MR) is 48.2 cm³/mol. The Morgan fingerprint density at radius 3 is 2.45 bits per heavy atom. The molecule has 0 aromatic carbocycles. The normalized spacial score (nSPS) is 32.9. The van der Waals surface area contributed by atoms with Crippen LogP contribution in [0.1, 0.15) is 20.3 Å². The van der Waals surface area contributed by atoms with Crippen LogP contribution in [-0.2, 0) is 0 Å². The largest absolute Gasteiger partial charge is 0.365 e. The molecule has 0 aromatic heterocycles. The summed E-state index contributed by atoms with van der Waals surface area (Å²) in [7, 11) is 4.31. The molecule has 1 heterocycles. The van der Waals surface area contributed by atoms with E-state index in [4.69, 9.17) is 0 Å². The van der Waals surface area contributed by atoms with E-state index in [0.29, 0.717) is 12.2 Å². The first-order chi connectivity index (χ1) is 5.16. The lowest BCUT2D eigenvalue weighted by Gasteiger charge is -2.40. The van der Waals surface area contributed by atoms with Gasteiger partial charge in [-0.2, -0.15) is 0 Å². The van der Waals surface area contributed by atoms with Crippen molar-refractivity contribution in [1.29, 1.82) is 0 Å². The lowest BCUT2D eigenvalue weighted by Crippen LogP contribution is -2.48. The van der Waals surface area contributed by atoms with E-state index in [0.717, 1.165) is 0 Å². The van der Waals surface area contributed by atoms with Crippen molar-refractivity contribution in [2.75, 3.05) is 14.1 Å². The average Bonchev–Trinajstić information content (AvgIpc) is 1.99. The van der Waals surface area contributed by atoms with Gasteiger partial charge in [-0.05, 0) is 26.6 Å². The van der Waals surface area contributed by atoms with Crippen LogP contribution in [0.2, 0.25) is 0 Å². The van der Waals surface area contributed by atoms with Gasteiger partial charge in [-0.15, -0.1) is 0 Å². The lowest BCUT2D eigenvalue weighted by molar-refractivity contribution is 0.0818. The standard InChI is InChI=1S/C9H18N2/c1-5-9-10(3)7-6-8(2)11(9)4/h6-9H,5H2,1-4H3. The van der Waals surface area contributed by atoms with Crippen LogP contribution in [-0.4, -0.2) is 36.1 Å². The van der Waals surface area contributed by atoms with E-state index in [1.165, 1.54) is 6.42 Å². The Bertz CT molecular complexity index is 154. The third kappa shape index (κ3) is 1.56. The predicted octanol–water partition coefficient (Wildman–Crippen LogP) is 1.50. The van der Waals surface area contributed by atoms with E-state index >= 15 is 0 Å². The molecule has 2 heteroatoms. The summed E-state index contributed by atoms with van der Waals surface area (Å²) >= 11 is 0. The zero-order valence-electron chi connectivity index (χ0n) is 7.91. The van der Waals surface area contributed by atoms with Crippen molar-refractivity contribution in [3.63, 3.8) is 0 Å². The minimum Gasteiger partial charge on any atom is -0.365 e. The van der Waals surface area contributed by atoms with Gasteiger partial charge in [0.2, 0.25) is 0 Å². The highest BCUT2D eigenvalue weighted by atomic mass is 15.3. The number of rotatable bonds is 1. The van der Waals surface area contributed by atoms with Gasteiger partial charge in [0.15, 0.2) is 0 Å². The van der Waals surface area contributed by atoms with Gasteiger partial charge in [-0.3, -0.25) is 4.90 Å². The van der Waals surface area contributed by atoms with Crippen molar-refractivity contribution in [2.45, 2.75) is 32.5 Å². The SMILES string of the molecule is CCC1N(C)C=CC(C)N1C. The monoisotopic (exact) mass is 154 g/mol. The molecule has 1 aliphatic rings. The van der Waals surface area contributed by atoms with Crippen LogP contribution in [0, 0.1) is 0 Å². The Morgan fingerprint density at radius 2 is 2.00 bits per heavy atom. The van der Waals surface area contributed by atoms with E-state index in [2.05, 4.69) is 50.0 Å². The first-order valence-electron chi connectivity index (χ1n) is 4.29. The minimum absolute atomic E-state index is 0.579. The van der Waals surface area contributed by atoms with Crippen LogP contribution >= 0.6 is 0 Å². The maximum Gasteiger partial charge on any atom is 0.0811 e. The highest BCUT2D eigenvalue weighted by Crippen LogP contribution is 2.15. The molecule has 0 bridgehead atoms. The van der Waals surface area contributed by atoms with E-state index in [-0.39, 0.29) is 0 Å². The maximum absolute atomic E-state index is 2.39. The van der Waals surface area contributed by atoms with Crippen molar-refractivity contribution in [1.82, 2.24) is 9.80 Å². The van der Waals surface area contributed by atoms with Gasteiger partial charge in [-0.25, -0.2) is 0 Å². The topological polar surface area (TPSA) is 6.48 Å². The fourth-order valence-corrected chi connectivity index (χ4v) is 1.63. The summed E-state index contributed by atoms with van der Waals surface area (Å²) in [5.74, 6) is 0. The summed E-state index contributed by atoms with van der Waals surface area (Å²) in [4.78, 5) is 4.65. The Hall–Kier alpha value is -0.500. The van der Waals surface area contributed by atoms with Gasteiger partial charge in [0, 0.05) is 13.1 Å². The molecule has 1 rings (SSSR count). The third-order valence-corrected chi connectivity index (χ3v) is 2.55. The van der Waals surface area contributed by atoms with Gasteiger partial charge < -0.3 is 4.90 Å². The molecule has 1 aliphatic heterocycles. The molecule has 2 nitrogen and oxygen atoms in total. The molecule has 0 N–H and O–H groups in total. The summed E-state index contributed by atoms with van der Waals surface area (Å²) in [6.07, 6.45) is 6.17. The molecule has 0 fully saturated rings. The molecule has 0 amide bonds. The molecule has 0 saturated carbocycles. The molecular formula is C9H18N2. The fraction of sp³-hybridized carbons (Fsp3) is 0.778. The second-order valence-electron chi connectivity index (χ2n) is 3.30. The van der Waals surface area contributed by atoms with Crippen LogP contribution in [0.5, 0.6) is 0 Å². The maximum atomic E-state index is 2.39. The fourth-order valence-electron chi connectivity index (χ4n) is 1.63. The molecule has 0 saturated heterocycles. The molecule has 2 atom stereocenters. The number of nitrogens with zero attached hydrogens (tertiary/aromatic N) is 2. The summed E-state index contributed by atoms with van der Waals surface area (Å²) < 4.78 is 0. The first kappa shape index (κ1) is 8.60. The summed E-state index contributed by atoms with van der Waals surface area (Å²) in [6.45, 7) is 4.45. The van der Waals surface area contributed by atoms with E-state index < -0.39 is 0 Å². The zero-order chi connectivity index (χ0) is 8.43. The van der Waals surface area contributed by atoms with E-state index in [1.807, 2.05) is 0 Å². The van der Waals surface area contributed by atoms with Crippen LogP contribution in [0.3, 0.4) is 0 Å². The van der Waals surface area contributed by atoms with Gasteiger partial charge in [-0.1, -0.05) is 13.0 Å². The molecule has 0 radical (unpaired) electrons. The van der Waals surface area contributed by atoms with Crippen molar-refractivity contribution in [2.24, 2.45) is 0 Å². The second kappa shape index (κ2) is 3.26. The average molecular weight is 154 g/mol. The van der Waals surface area contributed by atoms with E-state index in [1.54, 1.807) is 0 Å². The molecular weight excluding hydrogens is 136 g/mol. The molecule has 0 aliphatic carbocycles. The van der Waals surface area contributed by atoms with E-state index in [9.17, 15) is 0 Å². The summed E-state index contributed by atoms with van der Waals surface area (Å²) in [6, 6.07) is 0.580. The number of likely N-dealkylation sites (N-methyl/N-ethyl adjacent to an activating group) is 1. The summed E-state index contributed by atoms with van der Waals surface area (Å²) in [5.41, 5.74) is 0. The first-order valence-corrected chi connectivity index (χ1v) is 4.29. The Kier molecular flexibility index (Phi) is 2.55. The smallest absolute Gasteiger partial charge is 0.0811 e. The molecule has 64 valence electrons. The van der Waals surface area contributed by atoms with Crippen LogP contribution in [0.4, 0.5) is 0 Å². The molecule has 11 heavy (non-hydrogen) atoms. The highest BCUT2D eigenvalue weighted by molar-refractivity contribution is 4.98. The Balaban J connectivity index is 2.70. The highest BCUT2D eigenvalue weighted by Gasteiger charge is 2.22. The number of hydrogen-bond acceptors (Lipinski definition) is 2. The number of hydrogen-bond donors (Lipinski definition) is 0. The van der Waals surface area contributed by atoms with Gasteiger partial charge in [0.25, 0.3) is 0 Å². The zero-order valence-corrected chi connectivity index (χ0v) is 7.91. The van der Waals surface area contributed by atoms with Gasteiger partial charge >= 0.3 is 0 Å². The van der Waals surface area contributed by atoms with Gasteiger partial charge in [0.05, 0.1) is 6.17 Å². The molecule has 2 unspecified atom stereocenters. The van der Waals surface area contributed by atoms with Crippen LogP contribution in [0.15, 0.2) is 12.3 Å². The van der Waals surface area contributed by atoms with Crippen molar-refractivity contribution < 1.29 is 0 Å². The molecule has 0 aromatic rings. The van der Waals surface area contributed by atoms with Crippen molar-refractivity contribution in [3.8, 4) is 0 Å². The van der Waals surface area contributed by atoms with Crippen molar-refractivity contribution >= 4 is 0 Å². The minimum atomic E-state index is 0.579. The van der Waals surface area contributed by atoms with Crippen molar-refractivity contribution in [3.05, 3.63) is 12.3 Å². The Labute approximate surface area is 69.5 Å². The molecule has 0 spiro atoms. The summed E-state index contributed by atoms with van der Waals surface area (Å²) in [5, 5.41) is 0. The third-order valence-electron chi connectivity index (χ3n) is 2.55. The van der Waals surface area contributed by atoms with Gasteiger partial charge in [0.1, 0.15) is 0 Å². The van der Waals surface area contributed by atoms with Crippen LogP contribution in [0.25, 0.3) is 0 Å². The second-order valence-corrected chi connectivity index (χ2v) is 3.30. The Morgan fingerprint density at radius 1 is 1.36 bits per heavy atom. The van der Waals surface area contributed by atoms with Crippen LogP contribution < -0.4 is 0 Å². The lowest BCUT2D eigenvalue weighted by atomic mass is 10.2. The quantitative estimate of drug-likeness (QED) is 0.565.